The fourth-order valence-corrected chi connectivity index (χ4v) is 3.68. The normalized spacial score (nSPS) is 11.6. The van der Waals surface area contributed by atoms with Gasteiger partial charge >= 0.3 is 0 Å². The number of fused-ring (bicyclic) bond motifs is 3. The number of hydrogen-bond donors (Lipinski definition) is 0. The van der Waals surface area contributed by atoms with E-state index in [1.165, 1.54) is 0 Å². The maximum Gasteiger partial charge on any atom is 0.183 e. The van der Waals surface area contributed by atoms with E-state index >= 15 is 0 Å². The third kappa shape index (κ3) is 2.73. The highest BCUT2D eigenvalue weighted by Crippen LogP contribution is 2.30. The lowest BCUT2D eigenvalue weighted by Crippen LogP contribution is -1.99. The molecule has 0 unspecified atom stereocenters. The van der Waals surface area contributed by atoms with Crippen LogP contribution in [0.2, 0.25) is 15.1 Å². The van der Waals surface area contributed by atoms with Crippen molar-refractivity contribution in [2.75, 3.05) is 0 Å². The Morgan fingerprint density at radius 3 is 2.57 bits per heavy atom. The Balaban J connectivity index is 1.69. The van der Waals surface area contributed by atoms with Crippen LogP contribution in [0, 0.1) is 6.92 Å². The van der Waals surface area contributed by atoms with Crippen molar-refractivity contribution in [3.63, 3.8) is 0 Å². The minimum Gasteiger partial charge on any atom is -0.216 e. The number of rotatable bonds is 2. The van der Waals surface area contributed by atoms with E-state index < -0.39 is 0 Å². The molecule has 3 heterocycles. The van der Waals surface area contributed by atoms with Gasteiger partial charge in [0.15, 0.2) is 17.1 Å². The fourth-order valence-electron chi connectivity index (χ4n) is 3.01. The Kier molecular flexibility index (Phi) is 4.01. The highest BCUT2D eigenvalue weighted by Gasteiger charge is 2.16. The van der Waals surface area contributed by atoms with Gasteiger partial charge in [0, 0.05) is 15.6 Å². The second-order valence-corrected chi connectivity index (χ2v) is 7.55. The van der Waals surface area contributed by atoms with Crippen LogP contribution in [-0.4, -0.2) is 29.4 Å². The molecule has 6 nitrogen and oxygen atoms in total. The van der Waals surface area contributed by atoms with Crippen LogP contribution in [-0.2, 0) is 0 Å². The van der Waals surface area contributed by atoms with Gasteiger partial charge in [-0.25, -0.2) is 19.2 Å². The Morgan fingerprint density at radius 2 is 1.79 bits per heavy atom. The average Bonchev–Trinajstić information content (AvgIpc) is 3.27. The van der Waals surface area contributed by atoms with E-state index in [1.807, 2.05) is 25.1 Å². The highest BCUT2D eigenvalue weighted by molar-refractivity contribution is 6.36. The Labute approximate surface area is 174 Å². The van der Waals surface area contributed by atoms with Crippen LogP contribution < -0.4 is 0 Å². The van der Waals surface area contributed by atoms with Gasteiger partial charge in [-0.15, -0.1) is 5.10 Å². The molecule has 0 saturated carbocycles. The quantitative estimate of drug-likeness (QED) is 0.377. The molecule has 0 radical (unpaired) electrons. The van der Waals surface area contributed by atoms with E-state index in [2.05, 4.69) is 20.2 Å². The molecule has 5 aromatic rings. The van der Waals surface area contributed by atoms with Crippen molar-refractivity contribution >= 4 is 51.5 Å². The van der Waals surface area contributed by atoms with Crippen LogP contribution in [0.1, 0.15) is 5.56 Å². The zero-order chi connectivity index (χ0) is 19.4. The second kappa shape index (κ2) is 6.44. The third-order valence-corrected chi connectivity index (χ3v) is 5.43. The van der Waals surface area contributed by atoms with Crippen molar-refractivity contribution in [3.05, 3.63) is 69.6 Å². The van der Waals surface area contributed by atoms with Crippen molar-refractivity contribution in [2.24, 2.45) is 0 Å². The summed E-state index contributed by atoms with van der Waals surface area (Å²) in [6, 6.07) is 11.0. The molecule has 9 heteroatoms. The summed E-state index contributed by atoms with van der Waals surface area (Å²) >= 11 is 18.5. The van der Waals surface area contributed by atoms with Crippen LogP contribution in [0.4, 0.5) is 0 Å². The topological polar surface area (TPSA) is 60.9 Å². The average molecular weight is 430 g/mol. The van der Waals surface area contributed by atoms with Crippen molar-refractivity contribution in [2.45, 2.75) is 6.92 Å². The molecule has 0 aliphatic carbocycles. The minimum atomic E-state index is 0.484. The second-order valence-electron chi connectivity index (χ2n) is 6.30. The summed E-state index contributed by atoms with van der Waals surface area (Å²) in [4.78, 5) is 9.15. The minimum absolute atomic E-state index is 0.484. The first-order valence-electron chi connectivity index (χ1n) is 8.32. The molecule has 0 fully saturated rings. The summed E-state index contributed by atoms with van der Waals surface area (Å²) < 4.78 is 3.33. The predicted octanol–water partition coefficient (Wildman–Crippen LogP) is 5.40. The summed E-state index contributed by atoms with van der Waals surface area (Å²) in [5, 5.41) is 11.4. The van der Waals surface area contributed by atoms with Crippen molar-refractivity contribution in [3.8, 4) is 17.1 Å². The molecule has 3 aromatic heterocycles. The van der Waals surface area contributed by atoms with E-state index in [1.54, 1.807) is 39.9 Å². The number of aryl methyl sites for hydroxylation is 1. The first kappa shape index (κ1) is 17.4. The zero-order valence-corrected chi connectivity index (χ0v) is 16.7. The van der Waals surface area contributed by atoms with Gasteiger partial charge in [0.05, 0.1) is 22.3 Å². The number of halogens is 3. The lowest BCUT2D eigenvalue weighted by Gasteiger charge is -2.05. The molecule has 5 rings (SSSR count). The first-order valence-corrected chi connectivity index (χ1v) is 9.46. The lowest BCUT2D eigenvalue weighted by molar-refractivity contribution is 0.882. The number of benzene rings is 2. The molecule has 0 atom stereocenters. The zero-order valence-electron chi connectivity index (χ0n) is 14.4. The van der Waals surface area contributed by atoms with Crippen LogP contribution in [0.25, 0.3) is 33.8 Å². The van der Waals surface area contributed by atoms with Gasteiger partial charge in [-0.05, 0) is 42.8 Å². The lowest BCUT2D eigenvalue weighted by atomic mass is 10.2. The summed E-state index contributed by atoms with van der Waals surface area (Å²) in [5.41, 5.74) is 3.81. The van der Waals surface area contributed by atoms with Crippen molar-refractivity contribution < 1.29 is 0 Å². The van der Waals surface area contributed by atoms with E-state index in [4.69, 9.17) is 34.8 Å². The maximum absolute atomic E-state index is 6.30. The number of nitrogens with zero attached hydrogens (tertiary/aromatic N) is 6. The predicted molar refractivity (Wildman–Crippen MR) is 111 cm³/mol. The molecule has 0 spiro atoms. The number of hydrogen-bond acceptors (Lipinski definition) is 4. The van der Waals surface area contributed by atoms with E-state index in [9.17, 15) is 0 Å². The van der Waals surface area contributed by atoms with Gasteiger partial charge in [0.1, 0.15) is 6.33 Å². The molecule has 0 N–H and O–H groups in total. The molecular formula is C19H11Cl3N6. The first-order chi connectivity index (χ1) is 13.5. The van der Waals surface area contributed by atoms with E-state index in [-0.39, 0.29) is 0 Å². The van der Waals surface area contributed by atoms with Gasteiger partial charge in [-0.1, -0.05) is 40.9 Å². The van der Waals surface area contributed by atoms with Gasteiger partial charge in [0.25, 0.3) is 0 Å². The summed E-state index contributed by atoms with van der Waals surface area (Å²) in [6.07, 6.45) is 3.32. The van der Waals surface area contributed by atoms with Crippen molar-refractivity contribution in [1.82, 2.24) is 29.4 Å². The molecule has 0 aliphatic rings. The molecule has 0 amide bonds. The fraction of sp³-hybridized carbons (Fsp3) is 0.0526. The molecule has 0 saturated heterocycles. The molecule has 0 aliphatic heterocycles. The smallest absolute Gasteiger partial charge is 0.183 e. The standard InChI is InChI=1S/C19H11Cl3N6/c1-10-2-4-12(7-15(10)21)28-18-14(8-24-28)19-25-17(26-27(19)9-23-18)13-5-3-11(20)6-16(13)22/h2-9H,1H3. The van der Waals surface area contributed by atoms with Crippen molar-refractivity contribution in [1.29, 1.82) is 0 Å². The Morgan fingerprint density at radius 1 is 0.929 bits per heavy atom. The van der Waals surface area contributed by atoms with E-state index in [0.717, 1.165) is 16.6 Å². The largest absolute Gasteiger partial charge is 0.216 e. The Bertz CT molecular complexity index is 1370. The van der Waals surface area contributed by atoms with Crippen LogP contribution in [0.5, 0.6) is 0 Å². The molecular weight excluding hydrogens is 419 g/mol. The van der Waals surface area contributed by atoms with Gasteiger partial charge in [-0.2, -0.15) is 5.10 Å². The molecule has 2 aromatic carbocycles. The summed E-state index contributed by atoms with van der Waals surface area (Å²) in [6.45, 7) is 1.95. The van der Waals surface area contributed by atoms with Gasteiger partial charge < -0.3 is 0 Å². The SMILES string of the molecule is Cc1ccc(-n2ncc3c2ncn2nc(-c4ccc(Cl)cc4Cl)nc32)cc1Cl. The van der Waals surface area contributed by atoms with Crippen LogP contribution in [0.15, 0.2) is 48.9 Å². The summed E-state index contributed by atoms with van der Waals surface area (Å²) in [5.74, 6) is 0.488. The molecule has 28 heavy (non-hydrogen) atoms. The highest BCUT2D eigenvalue weighted by atomic mass is 35.5. The van der Waals surface area contributed by atoms with Crippen LogP contribution >= 0.6 is 34.8 Å². The monoisotopic (exact) mass is 428 g/mol. The van der Waals surface area contributed by atoms with E-state index in [0.29, 0.717) is 37.8 Å². The molecule has 138 valence electrons. The third-order valence-electron chi connectivity index (χ3n) is 4.48. The van der Waals surface area contributed by atoms with Gasteiger partial charge in [0.2, 0.25) is 0 Å². The maximum atomic E-state index is 6.30. The molecule has 0 bridgehead atoms. The summed E-state index contributed by atoms with van der Waals surface area (Å²) in [7, 11) is 0. The Hall–Kier alpha value is -2.67. The number of aromatic nitrogens is 6. The van der Waals surface area contributed by atoms with Gasteiger partial charge in [-0.3, -0.25) is 0 Å². The van der Waals surface area contributed by atoms with Crippen LogP contribution in [0.3, 0.4) is 0 Å².